The molecular formula is C15H17ClN4O3S. The van der Waals surface area contributed by atoms with Gasteiger partial charge in [-0.2, -0.15) is 4.31 Å². The van der Waals surface area contributed by atoms with E-state index in [0.29, 0.717) is 17.2 Å². The van der Waals surface area contributed by atoms with Crippen LogP contribution in [0.2, 0.25) is 5.02 Å². The van der Waals surface area contributed by atoms with Crippen LogP contribution in [0.3, 0.4) is 0 Å². The second kappa shape index (κ2) is 6.38. The summed E-state index contributed by atoms with van der Waals surface area (Å²) in [5.41, 5.74) is 11.4. The van der Waals surface area contributed by atoms with Crippen LogP contribution in [0.1, 0.15) is 6.42 Å². The molecule has 7 nitrogen and oxygen atoms in total. The van der Waals surface area contributed by atoms with Crippen LogP contribution in [0.5, 0.6) is 0 Å². The molecule has 0 aliphatic carbocycles. The number of ketones is 1. The average Bonchev–Trinajstić information content (AvgIpc) is 2.96. The standard InChI is InChI=1S/C15H17ClN4O3S/c16-11-8-19-7-9-2-1-3-13(14(9)11)24(22,23)20-5-4-10(15(20)18)12(21)6-17/h1-3,7-8,10,15H,4-6,17-18H2/t10?,15-/m0/s1. The van der Waals surface area contributed by atoms with Crippen LogP contribution < -0.4 is 11.5 Å². The lowest BCUT2D eigenvalue weighted by molar-refractivity contribution is -0.121. The normalized spacial score (nSPS) is 22.1. The first-order chi connectivity index (χ1) is 11.4. The van der Waals surface area contributed by atoms with E-state index in [4.69, 9.17) is 23.1 Å². The molecule has 1 aromatic heterocycles. The molecule has 1 aliphatic rings. The van der Waals surface area contributed by atoms with Gasteiger partial charge in [0, 0.05) is 35.6 Å². The summed E-state index contributed by atoms with van der Waals surface area (Å²) in [7, 11) is -3.91. The van der Waals surface area contributed by atoms with Gasteiger partial charge in [-0.1, -0.05) is 23.7 Å². The van der Waals surface area contributed by atoms with Crippen molar-refractivity contribution in [3.8, 4) is 0 Å². The minimum Gasteiger partial charge on any atom is -0.324 e. The van der Waals surface area contributed by atoms with Gasteiger partial charge in [0.25, 0.3) is 0 Å². The summed E-state index contributed by atoms with van der Waals surface area (Å²) in [5.74, 6) is -0.822. The Labute approximate surface area is 144 Å². The van der Waals surface area contributed by atoms with Crippen molar-refractivity contribution in [1.29, 1.82) is 0 Å². The Bertz CT molecular complexity index is 897. The predicted octanol–water partition coefficient (Wildman–Crippen LogP) is 0.711. The summed E-state index contributed by atoms with van der Waals surface area (Å²) in [6.07, 6.45) is 2.37. The fraction of sp³-hybridized carbons (Fsp3) is 0.333. The number of sulfonamides is 1. The summed E-state index contributed by atoms with van der Waals surface area (Å²) >= 11 is 6.17. The number of nitrogens with zero attached hydrogens (tertiary/aromatic N) is 2. The van der Waals surface area contributed by atoms with Crippen LogP contribution in [0.25, 0.3) is 10.8 Å². The minimum atomic E-state index is -3.91. The third-order valence-electron chi connectivity index (χ3n) is 4.31. The Morgan fingerprint density at radius 1 is 1.38 bits per heavy atom. The Morgan fingerprint density at radius 3 is 2.83 bits per heavy atom. The van der Waals surface area contributed by atoms with Gasteiger partial charge in [-0.3, -0.25) is 9.78 Å². The molecule has 128 valence electrons. The van der Waals surface area contributed by atoms with E-state index in [0.717, 1.165) is 4.31 Å². The third kappa shape index (κ3) is 2.70. The lowest BCUT2D eigenvalue weighted by atomic mass is 10.0. The maximum Gasteiger partial charge on any atom is 0.245 e. The molecule has 0 radical (unpaired) electrons. The maximum atomic E-state index is 13.1. The number of nitrogens with two attached hydrogens (primary N) is 2. The van der Waals surface area contributed by atoms with Gasteiger partial charge >= 0.3 is 0 Å². The molecule has 1 aromatic carbocycles. The second-order valence-corrected chi connectivity index (χ2v) is 7.91. The number of hydrogen-bond donors (Lipinski definition) is 2. The van der Waals surface area contributed by atoms with Crippen molar-refractivity contribution in [2.75, 3.05) is 13.1 Å². The summed E-state index contributed by atoms with van der Waals surface area (Å²) in [6.45, 7) is 0.0109. The second-order valence-electron chi connectivity index (χ2n) is 5.65. The van der Waals surface area contributed by atoms with Gasteiger partial charge in [0.1, 0.15) is 0 Å². The number of hydrogen-bond acceptors (Lipinski definition) is 6. The monoisotopic (exact) mass is 368 g/mol. The molecule has 1 aliphatic heterocycles. The molecule has 4 N–H and O–H groups in total. The average molecular weight is 369 g/mol. The van der Waals surface area contributed by atoms with E-state index < -0.39 is 22.1 Å². The fourth-order valence-corrected chi connectivity index (χ4v) is 5.20. The number of pyridine rings is 1. The van der Waals surface area contributed by atoms with E-state index in [2.05, 4.69) is 4.98 Å². The van der Waals surface area contributed by atoms with Crippen molar-refractivity contribution in [2.45, 2.75) is 17.5 Å². The van der Waals surface area contributed by atoms with Gasteiger partial charge in [0.15, 0.2) is 5.78 Å². The highest BCUT2D eigenvalue weighted by molar-refractivity contribution is 7.89. The van der Waals surface area contributed by atoms with Crippen molar-refractivity contribution in [1.82, 2.24) is 9.29 Å². The zero-order valence-corrected chi connectivity index (χ0v) is 14.3. The zero-order chi connectivity index (χ0) is 17.5. The highest BCUT2D eigenvalue weighted by Gasteiger charge is 2.42. The number of Topliss-reactive ketones (excluding diaryl/α,β-unsaturated/α-hetero) is 1. The molecule has 2 atom stereocenters. The predicted molar refractivity (Wildman–Crippen MR) is 90.8 cm³/mol. The lowest BCUT2D eigenvalue weighted by Gasteiger charge is -2.24. The molecule has 1 unspecified atom stereocenters. The molecule has 1 saturated heterocycles. The van der Waals surface area contributed by atoms with Crippen LogP contribution in [0.15, 0.2) is 35.5 Å². The van der Waals surface area contributed by atoms with Crippen molar-refractivity contribution < 1.29 is 13.2 Å². The topological polar surface area (TPSA) is 119 Å². The summed E-state index contributed by atoms with van der Waals surface area (Å²) in [4.78, 5) is 15.9. The first-order valence-electron chi connectivity index (χ1n) is 7.40. The van der Waals surface area contributed by atoms with Crippen molar-refractivity contribution in [2.24, 2.45) is 17.4 Å². The lowest BCUT2D eigenvalue weighted by Crippen LogP contribution is -2.46. The van der Waals surface area contributed by atoms with Crippen molar-refractivity contribution >= 4 is 38.2 Å². The van der Waals surface area contributed by atoms with E-state index in [-0.39, 0.29) is 28.8 Å². The molecule has 3 rings (SSSR count). The van der Waals surface area contributed by atoms with Gasteiger partial charge in [0.05, 0.1) is 22.6 Å². The molecule has 24 heavy (non-hydrogen) atoms. The van der Waals surface area contributed by atoms with E-state index >= 15 is 0 Å². The van der Waals surface area contributed by atoms with Gasteiger partial charge in [-0.15, -0.1) is 0 Å². The number of rotatable bonds is 4. The van der Waals surface area contributed by atoms with Gasteiger partial charge in [-0.05, 0) is 12.5 Å². The SMILES string of the molecule is NCC(=O)C1CCN(S(=O)(=O)c2cccc3cncc(Cl)c23)[C@@H]1N. The molecule has 2 aromatic rings. The molecule has 0 bridgehead atoms. The fourth-order valence-electron chi connectivity index (χ4n) is 3.07. The number of carbonyl (C=O) groups is 1. The smallest absolute Gasteiger partial charge is 0.245 e. The van der Waals surface area contributed by atoms with Crippen molar-refractivity contribution in [3.05, 3.63) is 35.6 Å². The number of fused-ring (bicyclic) bond motifs is 1. The Hall–Kier alpha value is -1.58. The zero-order valence-electron chi connectivity index (χ0n) is 12.7. The van der Waals surface area contributed by atoms with E-state index in [1.165, 1.54) is 12.3 Å². The molecule has 9 heteroatoms. The number of carbonyl (C=O) groups excluding carboxylic acids is 1. The molecule has 0 amide bonds. The summed E-state index contributed by atoms with van der Waals surface area (Å²) < 4.78 is 27.3. The maximum absolute atomic E-state index is 13.1. The largest absolute Gasteiger partial charge is 0.324 e. The first-order valence-corrected chi connectivity index (χ1v) is 9.22. The highest BCUT2D eigenvalue weighted by Crippen LogP contribution is 2.34. The van der Waals surface area contributed by atoms with Crippen LogP contribution in [0, 0.1) is 5.92 Å². The number of aromatic nitrogens is 1. The molecule has 1 fully saturated rings. The number of halogens is 1. The van der Waals surface area contributed by atoms with Crippen molar-refractivity contribution in [3.63, 3.8) is 0 Å². The van der Waals surface area contributed by atoms with Gasteiger partial charge in [-0.25, -0.2) is 8.42 Å². The minimum absolute atomic E-state index is 0.0590. The quantitative estimate of drug-likeness (QED) is 0.820. The summed E-state index contributed by atoms with van der Waals surface area (Å²) in [6, 6.07) is 4.84. The Morgan fingerprint density at radius 2 is 2.12 bits per heavy atom. The van der Waals surface area contributed by atoms with Crippen LogP contribution in [0.4, 0.5) is 0 Å². The highest BCUT2D eigenvalue weighted by atomic mass is 35.5. The van der Waals surface area contributed by atoms with Crippen LogP contribution >= 0.6 is 11.6 Å². The van der Waals surface area contributed by atoms with Gasteiger partial charge in [0.2, 0.25) is 10.0 Å². The first kappa shape index (κ1) is 17.2. The van der Waals surface area contributed by atoms with E-state index in [1.807, 2.05) is 0 Å². The molecular weight excluding hydrogens is 352 g/mol. The van der Waals surface area contributed by atoms with Crippen LogP contribution in [-0.4, -0.2) is 42.7 Å². The van der Waals surface area contributed by atoms with Crippen LogP contribution in [-0.2, 0) is 14.8 Å². The molecule has 2 heterocycles. The Balaban J connectivity index is 2.08. The van der Waals surface area contributed by atoms with E-state index in [9.17, 15) is 13.2 Å². The number of benzene rings is 1. The molecule has 0 spiro atoms. The molecule has 0 saturated carbocycles. The Kier molecular flexibility index (Phi) is 4.58. The summed E-state index contributed by atoms with van der Waals surface area (Å²) in [5, 5.41) is 1.26. The third-order valence-corrected chi connectivity index (χ3v) is 6.53. The van der Waals surface area contributed by atoms with Gasteiger partial charge < -0.3 is 11.5 Å². The van der Waals surface area contributed by atoms with E-state index in [1.54, 1.807) is 18.3 Å².